The van der Waals surface area contributed by atoms with E-state index < -0.39 is 0 Å². The molecule has 4 heteroatoms. The average molecular weight is 348 g/mol. The van der Waals surface area contributed by atoms with Crippen LogP contribution in [0.1, 0.15) is 0 Å². The zero-order valence-corrected chi connectivity index (χ0v) is 13.2. The fraction of sp³-hybridized carbons (Fsp3) is 0.125. The van der Waals surface area contributed by atoms with Crippen LogP contribution < -0.4 is 10.1 Å². The van der Waals surface area contributed by atoms with Crippen LogP contribution in [0.15, 0.2) is 58.4 Å². The van der Waals surface area contributed by atoms with Gasteiger partial charge in [0.2, 0.25) is 0 Å². The minimum absolute atomic E-state index is 0.637. The highest BCUT2D eigenvalue weighted by atomic mass is 79.9. The van der Waals surface area contributed by atoms with E-state index in [-0.39, 0.29) is 0 Å². The molecule has 20 heavy (non-hydrogen) atoms. The van der Waals surface area contributed by atoms with Crippen LogP contribution in [0.4, 0.5) is 5.69 Å². The van der Waals surface area contributed by atoms with E-state index in [0.717, 1.165) is 22.5 Å². The van der Waals surface area contributed by atoms with E-state index in [1.54, 1.807) is 11.3 Å². The number of halogens is 1. The highest BCUT2D eigenvalue weighted by molar-refractivity contribution is 9.10. The number of ether oxygens (including phenoxy) is 1. The molecule has 1 aromatic heterocycles. The van der Waals surface area contributed by atoms with Gasteiger partial charge >= 0.3 is 0 Å². The van der Waals surface area contributed by atoms with Crippen LogP contribution in [0.5, 0.6) is 5.75 Å². The van der Waals surface area contributed by atoms with Crippen LogP contribution in [0.3, 0.4) is 0 Å². The zero-order chi connectivity index (χ0) is 13.8. The molecule has 3 aromatic rings. The molecule has 0 saturated heterocycles. The Morgan fingerprint density at radius 3 is 2.95 bits per heavy atom. The van der Waals surface area contributed by atoms with Gasteiger partial charge in [0.1, 0.15) is 12.4 Å². The summed E-state index contributed by atoms with van der Waals surface area (Å²) in [6.45, 7) is 1.42. The maximum absolute atomic E-state index is 5.69. The molecule has 0 atom stereocenters. The molecule has 0 aliphatic rings. The van der Waals surface area contributed by atoms with Crippen molar-refractivity contribution in [1.29, 1.82) is 0 Å². The topological polar surface area (TPSA) is 21.3 Å². The van der Waals surface area contributed by atoms with Crippen molar-refractivity contribution >= 4 is 43.0 Å². The summed E-state index contributed by atoms with van der Waals surface area (Å²) in [7, 11) is 0. The van der Waals surface area contributed by atoms with E-state index in [9.17, 15) is 0 Å². The van der Waals surface area contributed by atoms with Gasteiger partial charge in [-0.05, 0) is 53.2 Å². The van der Waals surface area contributed by atoms with Crippen molar-refractivity contribution in [2.75, 3.05) is 18.5 Å². The van der Waals surface area contributed by atoms with E-state index in [1.165, 1.54) is 10.1 Å². The lowest BCUT2D eigenvalue weighted by molar-refractivity contribution is 0.332. The van der Waals surface area contributed by atoms with E-state index >= 15 is 0 Å². The third kappa shape index (κ3) is 3.32. The van der Waals surface area contributed by atoms with E-state index in [4.69, 9.17) is 4.74 Å². The third-order valence-corrected chi connectivity index (χ3v) is 4.34. The summed E-state index contributed by atoms with van der Waals surface area (Å²) in [6.07, 6.45) is 0. The number of fused-ring (bicyclic) bond motifs is 1. The van der Waals surface area contributed by atoms with Crippen molar-refractivity contribution in [3.63, 3.8) is 0 Å². The summed E-state index contributed by atoms with van der Waals surface area (Å²) >= 11 is 5.20. The SMILES string of the molecule is Brc1cccc(OCCNc2ccc3sccc3c2)c1. The largest absolute Gasteiger partial charge is 0.492 e. The first kappa shape index (κ1) is 13.5. The van der Waals surface area contributed by atoms with Gasteiger partial charge < -0.3 is 10.1 Å². The lowest BCUT2D eigenvalue weighted by atomic mass is 10.2. The van der Waals surface area contributed by atoms with Crippen LogP contribution in [0.2, 0.25) is 0 Å². The molecule has 0 saturated carbocycles. The number of hydrogen-bond acceptors (Lipinski definition) is 3. The Morgan fingerprint density at radius 2 is 2.05 bits per heavy atom. The van der Waals surface area contributed by atoms with Gasteiger partial charge in [-0.25, -0.2) is 0 Å². The number of thiophene rings is 1. The van der Waals surface area contributed by atoms with Crippen molar-refractivity contribution in [1.82, 2.24) is 0 Å². The van der Waals surface area contributed by atoms with Gasteiger partial charge in [0.25, 0.3) is 0 Å². The predicted molar refractivity (Wildman–Crippen MR) is 90.0 cm³/mol. The molecule has 0 unspecified atom stereocenters. The fourth-order valence-electron chi connectivity index (χ4n) is 2.00. The molecule has 0 amide bonds. The van der Waals surface area contributed by atoms with Crippen molar-refractivity contribution < 1.29 is 4.74 Å². The van der Waals surface area contributed by atoms with Gasteiger partial charge in [-0.2, -0.15) is 0 Å². The standard InChI is InChI=1S/C16H14BrNOS/c17-13-2-1-3-15(11-13)19-8-7-18-14-4-5-16-12(10-14)6-9-20-16/h1-6,9-11,18H,7-8H2. The predicted octanol–water partition coefficient (Wildman–Crippen LogP) is 5.15. The maximum atomic E-state index is 5.69. The van der Waals surface area contributed by atoms with Gasteiger partial charge in [-0.3, -0.25) is 0 Å². The fourth-order valence-corrected chi connectivity index (χ4v) is 3.15. The number of anilines is 1. The summed E-state index contributed by atoms with van der Waals surface area (Å²) in [5.41, 5.74) is 1.13. The Bertz CT molecular complexity index is 710. The molecule has 1 heterocycles. The number of rotatable bonds is 5. The zero-order valence-electron chi connectivity index (χ0n) is 10.8. The highest BCUT2D eigenvalue weighted by Gasteiger charge is 1.98. The Labute approximate surface area is 130 Å². The first-order chi connectivity index (χ1) is 9.81. The van der Waals surface area contributed by atoms with Crippen molar-refractivity contribution in [3.05, 3.63) is 58.4 Å². The van der Waals surface area contributed by atoms with Crippen molar-refractivity contribution in [2.45, 2.75) is 0 Å². The first-order valence-corrected chi connectivity index (χ1v) is 8.08. The molecule has 0 aliphatic carbocycles. The summed E-state index contributed by atoms with van der Waals surface area (Å²) in [5.74, 6) is 0.884. The summed E-state index contributed by atoms with van der Waals surface area (Å²) in [5, 5.41) is 6.78. The van der Waals surface area contributed by atoms with Gasteiger partial charge in [0.15, 0.2) is 0 Å². The van der Waals surface area contributed by atoms with Crippen molar-refractivity contribution in [2.24, 2.45) is 0 Å². The molecule has 2 nitrogen and oxygen atoms in total. The van der Waals surface area contributed by atoms with Crippen LogP contribution >= 0.6 is 27.3 Å². The molecular formula is C16H14BrNOS. The van der Waals surface area contributed by atoms with Crippen LogP contribution in [0, 0.1) is 0 Å². The summed E-state index contributed by atoms with van der Waals surface area (Å²) in [6, 6.07) is 16.5. The summed E-state index contributed by atoms with van der Waals surface area (Å²) < 4.78 is 8.04. The molecule has 1 N–H and O–H groups in total. The van der Waals surface area contributed by atoms with Crippen LogP contribution in [0.25, 0.3) is 10.1 Å². The van der Waals surface area contributed by atoms with Crippen molar-refractivity contribution in [3.8, 4) is 5.75 Å². The molecule has 0 bridgehead atoms. The minimum Gasteiger partial charge on any atom is -0.492 e. The molecule has 0 fully saturated rings. The molecule has 0 spiro atoms. The number of hydrogen-bond donors (Lipinski definition) is 1. The van der Waals surface area contributed by atoms with Gasteiger partial charge in [-0.1, -0.05) is 22.0 Å². The normalized spacial score (nSPS) is 10.7. The molecular weight excluding hydrogens is 334 g/mol. The average Bonchev–Trinajstić information content (AvgIpc) is 2.91. The van der Waals surface area contributed by atoms with Gasteiger partial charge in [-0.15, -0.1) is 11.3 Å². The second-order valence-electron chi connectivity index (χ2n) is 4.41. The first-order valence-electron chi connectivity index (χ1n) is 6.41. The Hall–Kier alpha value is -1.52. The Morgan fingerprint density at radius 1 is 1.10 bits per heavy atom. The van der Waals surface area contributed by atoms with Gasteiger partial charge in [0, 0.05) is 21.4 Å². The monoisotopic (exact) mass is 347 g/mol. The van der Waals surface area contributed by atoms with Crippen LogP contribution in [-0.2, 0) is 0 Å². The maximum Gasteiger partial charge on any atom is 0.120 e. The second-order valence-corrected chi connectivity index (χ2v) is 6.27. The lowest BCUT2D eigenvalue weighted by Gasteiger charge is -2.09. The molecule has 0 aliphatic heterocycles. The lowest BCUT2D eigenvalue weighted by Crippen LogP contribution is -2.11. The second kappa shape index (κ2) is 6.29. The number of benzene rings is 2. The quantitative estimate of drug-likeness (QED) is 0.644. The number of nitrogens with one attached hydrogen (secondary N) is 1. The Kier molecular flexibility index (Phi) is 4.23. The van der Waals surface area contributed by atoms with E-state index in [2.05, 4.69) is 50.9 Å². The third-order valence-electron chi connectivity index (χ3n) is 2.95. The molecule has 2 aromatic carbocycles. The van der Waals surface area contributed by atoms with E-state index in [1.807, 2.05) is 24.3 Å². The summed E-state index contributed by atoms with van der Waals surface area (Å²) in [4.78, 5) is 0. The Balaban J connectivity index is 1.52. The molecule has 102 valence electrons. The minimum atomic E-state index is 0.637. The van der Waals surface area contributed by atoms with Crippen LogP contribution in [-0.4, -0.2) is 13.2 Å². The van der Waals surface area contributed by atoms with E-state index in [0.29, 0.717) is 6.61 Å². The smallest absolute Gasteiger partial charge is 0.120 e. The molecule has 3 rings (SSSR count). The molecule has 0 radical (unpaired) electrons. The highest BCUT2D eigenvalue weighted by Crippen LogP contribution is 2.24. The van der Waals surface area contributed by atoms with Gasteiger partial charge in [0.05, 0.1) is 0 Å².